The molecule has 0 aliphatic heterocycles. The SMILES string of the molecule is Cc1cccc(CN(C)C2CC(C)CCC2C#N)n1. The molecule has 0 N–H and O–H groups in total. The van der Waals surface area contributed by atoms with Crippen LogP contribution in [0.25, 0.3) is 0 Å². The average Bonchev–Trinajstić information content (AvgIpc) is 2.38. The van der Waals surface area contributed by atoms with Crippen molar-refractivity contribution in [2.24, 2.45) is 11.8 Å². The zero-order valence-corrected chi connectivity index (χ0v) is 12.1. The fourth-order valence-corrected chi connectivity index (χ4v) is 3.05. The Hall–Kier alpha value is -1.40. The Morgan fingerprint density at radius 3 is 2.89 bits per heavy atom. The molecule has 0 aromatic carbocycles. The van der Waals surface area contributed by atoms with Gasteiger partial charge in [0.2, 0.25) is 0 Å². The van der Waals surface area contributed by atoms with Crippen molar-refractivity contribution < 1.29 is 0 Å². The summed E-state index contributed by atoms with van der Waals surface area (Å²) in [5.41, 5.74) is 2.15. The number of hydrogen-bond donors (Lipinski definition) is 0. The van der Waals surface area contributed by atoms with Crippen LogP contribution >= 0.6 is 0 Å². The average molecular weight is 257 g/mol. The van der Waals surface area contributed by atoms with E-state index in [2.05, 4.69) is 42.1 Å². The van der Waals surface area contributed by atoms with Crippen LogP contribution in [-0.4, -0.2) is 23.0 Å². The molecule has 19 heavy (non-hydrogen) atoms. The molecule has 1 aromatic heterocycles. The molecule has 0 spiro atoms. The molecule has 3 heteroatoms. The molecule has 0 amide bonds. The topological polar surface area (TPSA) is 39.9 Å². The lowest BCUT2D eigenvalue weighted by Crippen LogP contribution is -2.41. The van der Waals surface area contributed by atoms with Gasteiger partial charge in [-0.15, -0.1) is 0 Å². The van der Waals surface area contributed by atoms with Crippen LogP contribution in [0.4, 0.5) is 0 Å². The van der Waals surface area contributed by atoms with Crippen LogP contribution in [0.3, 0.4) is 0 Å². The van der Waals surface area contributed by atoms with Gasteiger partial charge in [0.1, 0.15) is 0 Å². The van der Waals surface area contributed by atoms with Gasteiger partial charge in [0.15, 0.2) is 0 Å². The van der Waals surface area contributed by atoms with Gasteiger partial charge in [-0.3, -0.25) is 9.88 Å². The molecule has 102 valence electrons. The molecule has 0 radical (unpaired) electrons. The normalized spacial score (nSPS) is 27.2. The van der Waals surface area contributed by atoms with Crippen molar-refractivity contribution in [1.29, 1.82) is 5.26 Å². The Kier molecular flexibility index (Phi) is 4.55. The second-order valence-corrected chi connectivity index (χ2v) is 5.91. The van der Waals surface area contributed by atoms with Crippen molar-refractivity contribution in [1.82, 2.24) is 9.88 Å². The predicted molar refractivity (Wildman–Crippen MR) is 76.3 cm³/mol. The summed E-state index contributed by atoms with van der Waals surface area (Å²) in [7, 11) is 2.12. The highest BCUT2D eigenvalue weighted by molar-refractivity contribution is 5.10. The fourth-order valence-electron chi connectivity index (χ4n) is 3.05. The zero-order valence-electron chi connectivity index (χ0n) is 12.1. The summed E-state index contributed by atoms with van der Waals surface area (Å²) in [4.78, 5) is 6.86. The van der Waals surface area contributed by atoms with Gasteiger partial charge in [-0.25, -0.2) is 0 Å². The van der Waals surface area contributed by atoms with Crippen LogP contribution in [0, 0.1) is 30.1 Å². The van der Waals surface area contributed by atoms with E-state index in [4.69, 9.17) is 0 Å². The van der Waals surface area contributed by atoms with Crippen molar-refractivity contribution in [3.05, 3.63) is 29.6 Å². The van der Waals surface area contributed by atoms with Crippen LogP contribution in [0.5, 0.6) is 0 Å². The Labute approximate surface area is 116 Å². The van der Waals surface area contributed by atoms with Crippen molar-refractivity contribution in [2.45, 2.75) is 45.7 Å². The first-order valence-electron chi connectivity index (χ1n) is 7.12. The number of aryl methyl sites for hydroxylation is 1. The van der Waals surface area contributed by atoms with E-state index in [1.165, 1.54) is 6.42 Å². The summed E-state index contributed by atoms with van der Waals surface area (Å²) in [6, 6.07) is 9.00. The van der Waals surface area contributed by atoms with Gasteiger partial charge < -0.3 is 0 Å². The number of pyridine rings is 1. The summed E-state index contributed by atoms with van der Waals surface area (Å²) >= 11 is 0. The van der Waals surface area contributed by atoms with Crippen molar-refractivity contribution in [3.63, 3.8) is 0 Å². The van der Waals surface area contributed by atoms with Crippen molar-refractivity contribution >= 4 is 0 Å². The maximum atomic E-state index is 9.31. The highest BCUT2D eigenvalue weighted by Crippen LogP contribution is 2.31. The smallest absolute Gasteiger partial charge is 0.0672 e. The quantitative estimate of drug-likeness (QED) is 0.835. The summed E-state index contributed by atoms with van der Waals surface area (Å²) in [6.45, 7) is 5.14. The van der Waals surface area contributed by atoms with Gasteiger partial charge in [0.25, 0.3) is 0 Å². The first-order valence-corrected chi connectivity index (χ1v) is 7.12. The molecule has 1 aliphatic rings. The lowest BCUT2D eigenvalue weighted by atomic mass is 9.79. The molecule has 3 atom stereocenters. The summed E-state index contributed by atoms with van der Waals surface area (Å²) in [6.07, 6.45) is 3.35. The molecule has 3 nitrogen and oxygen atoms in total. The van der Waals surface area contributed by atoms with E-state index >= 15 is 0 Å². The van der Waals surface area contributed by atoms with Gasteiger partial charge >= 0.3 is 0 Å². The Morgan fingerprint density at radius 1 is 1.42 bits per heavy atom. The largest absolute Gasteiger partial charge is 0.296 e. The monoisotopic (exact) mass is 257 g/mol. The van der Waals surface area contributed by atoms with Crippen LogP contribution < -0.4 is 0 Å². The Balaban J connectivity index is 2.05. The minimum Gasteiger partial charge on any atom is -0.296 e. The molecular formula is C16H23N3. The minimum atomic E-state index is 0.172. The summed E-state index contributed by atoms with van der Waals surface area (Å²) < 4.78 is 0. The van der Waals surface area contributed by atoms with Gasteiger partial charge in [-0.05, 0) is 51.3 Å². The highest BCUT2D eigenvalue weighted by atomic mass is 15.1. The van der Waals surface area contributed by atoms with Crippen LogP contribution in [0.15, 0.2) is 18.2 Å². The van der Waals surface area contributed by atoms with E-state index < -0.39 is 0 Å². The van der Waals surface area contributed by atoms with Gasteiger partial charge in [0.05, 0.1) is 17.7 Å². The van der Waals surface area contributed by atoms with E-state index in [-0.39, 0.29) is 5.92 Å². The molecular weight excluding hydrogens is 234 g/mol. The number of hydrogen-bond acceptors (Lipinski definition) is 3. The standard InChI is InChI=1S/C16H23N3/c1-12-7-8-14(10-17)16(9-12)19(3)11-15-6-4-5-13(2)18-15/h4-6,12,14,16H,7-9,11H2,1-3H3. The lowest BCUT2D eigenvalue weighted by Gasteiger charge is -2.37. The lowest BCUT2D eigenvalue weighted by molar-refractivity contribution is 0.124. The predicted octanol–water partition coefficient (Wildman–Crippen LogP) is 3.15. The number of rotatable bonds is 3. The second-order valence-electron chi connectivity index (χ2n) is 5.91. The van der Waals surface area contributed by atoms with E-state index in [1.807, 2.05) is 13.0 Å². The van der Waals surface area contributed by atoms with Crippen LogP contribution in [0.2, 0.25) is 0 Å². The van der Waals surface area contributed by atoms with Gasteiger partial charge in [0, 0.05) is 18.3 Å². The van der Waals surface area contributed by atoms with E-state index in [0.717, 1.165) is 36.7 Å². The third-order valence-corrected chi connectivity index (χ3v) is 4.17. The first kappa shape index (κ1) is 14.0. The van der Waals surface area contributed by atoms with Gasteiger partial charge in [-0.2, -0.15) is 5.26 Å². The third-order valence-electron chi connectivity index (χ3n) is 4.17. The maximum Gasteiger partial charge on any atom is 0.0672 e. The highest BCUT2D eigenvalue weighted by Gasteiger charge is 2.31. The first-order chi connectivity index (χ1) is 9.10. The molecule has 1 heterocycles. The third kappa shape index (κ3) is 3.54. The van der Waals surface area contributed by atoms with E-state index in [9.17, 15) is 5.26 Å². The van der Waals surface area contributed by atoms with E-state index in [1.54, 1.807) is 0 Å². The zero-order chi connectivity index (χ0) is 13.8. The van der Waals surface area contributed by atoms with Crippen molar-refractivity contribution in [2.75, 3.05) is 7.05 Å². The molecule has 0 bridgehead atoms. The molecule has 1 saturated carbocycles. The minimum absolute atomic E-state index is 0.172. The van der Waals surface area contributed by atoms with Crippen LogP contribution in [0.1, 0.15) is 37.6 Å². The van der Waals surface area contributed by atoms with Gasteiger partial charge in [-0.1, -0.05) is 13.0 Å². The molecule has 2 rings (SSSR count). The second kappa shape index (κ2) is 6.16. The summed E-state index contributed by atoms with van der Waals surface area (Å²) in [5, 5.41) is 9.31. The Bertz CT molecular complexity index is 463. The fraction of sp³-hybridized carbons (Fsp3) is 0.625. The number of nitriles is 1. The van der Waals surface area contributed by atoms with Crippen LogP contribution in [-0.2, 0) is 6.54 Å². The molecule has 1 fully saturated rings. The molecule has 1 aromatic rings. The molecule has 3 unspecified atom stereocenters. The Morgan fingerprint density at radius 2 is 2.21 bits per heavy atom. The maximum absolute atomic E-state index is 9.31. The number of aromatic nitrogens is 1. The molecule has 1 aliphatic carbocycles. The molecule has 0 saturated heterocycles. The van der Waals surface area contributed by atoms with E-state index in [0.29, 0.717) is 6.04 Å². The number of nitrogens with zero attached hydrogens (tertiary/aromatic N) is 3. The van der Waals surface area contributed by atoms with Crippen molar-refractivity contribution in [3.8, 4) is 6.07 Å². The summed E-state index contributed by atoms with van der Waals surface area (Å²) in [5.74, 6) is 0.897.